The zero-order valence-electron chi connectivity index (χ0n) is 10.3. The van der Waals surface area contributed by atoms with Gasteiger partial charge in [0.15, 0.2) is 0 Å². The zero-order valence-corrected chi connectivity index (χ0v) is 13.5. The minimum atomic E-state index is -3.53. The van der Waals surface area contributed by atoms with E-state index in [1.165, 1.54) is 6.07 Å². The lowest BCUT2D eigenvalue weighted by Gasteiger charge is -2.12. The molecule has 1 atom stereocenters. The summed E-state index contributed by atoms with van der Waals surface area (Å²) in [7, 11) is -3.53. The molecule has 19 heavy (non-hydrogen) atoms. The number of benzene rings is 1. The molecule has 2 rings (SSSR count). The quantitative estimate of drug-likeness (QED) is 0.841. The Bertz CT molecular complexity index is 545. The molecule has 106 valence electrons. The fourth-order valence-electron chi connectivity index (χ4n) is 2.14. The van der Waals surface area contributed by atoms with Crippen molar-refractivity contribution in [2.24, 2.45) is 0 Å². The lowest BCUT2D eigenvalue weighted by molar-refractivity contribution is 0.539. The van der Waals surface area contributed by atoms with E-state index >= 15 is 0 Å². The highest BCUT2D eigenvalue weighted by molar-refractivity contribution is 9.10. The van der Waals surface area contributed by atoms with Gasteiger partial charge in [0, 0.05) is 17.1 Å². The topological polar surface area (TPSA) is 58.2 Å². The van der Waals surface area contributed by atoms with Crippen LogP contribution in [0.1, 0.15) is 19.3 Å². The molecule has 0 aliphatic carbocycles. The van der Waals surface area contributed by atoms with Crippen molar-refractivity contribution in [2.45, 2.75) is 30.2 Å². The Morgan fingerprint density at radius 2 is 2.26 bits per heavy atom. The summed E-state index contributed by atoms with van der Waals surface area (Å²) in [6, 6.07) is 5.17. The molecule has 4 nitrogen and oxygen atoms in total. The van der Waals surface area contributed by atoms with Gasteiger partial charge in [-0.3, -0.25) is 0 Å². The third-order valence-corrected chi connectivity index (χ3v) is 5.57. The number of hydrogen-bond donors (Lipinski definition) is 2. The molecule has 1 aromatic carbocycles. The lowest BCUT2D eigenvalue weighted by atomic mass is 10.2. The Balaban J connectivity index is 1.97. The predicted octanol–water partition coefficient (Wildman–Crippen LogP) is 2.52. The van der Waals surface area contributed by atoms with E-state index in [-0.39, 0.29) is 9.92 Å². The highest BCUT2D eigenvalue weighted by Crippen LogP contribution is 2.25. The van der Waals surface area contributed by atoms with E-state index in [0.717, 1.165) is 30.3 Å². The average molecular weight is 368 g/mol. The molecule has 7 heteroatoms. The van der Waals surface area contributed by atoms with Gasteiger partial charge in [-0.25, -0.2) is 13.1 Å². The third kappa shape index (κ3) is 4.16. The Kier molecular flexibility index (Phi) is 5.25. The number of sulfonamides is 1. The fourth-order valence-corrected chi connectivity index (χ4v) is 4.22. The highest BCUT2D eigenvalue weighted by Gasteiger charge is 2.19. The van der Waals surface area contributed by atoms with Crippen molar-refractivity contribution in [3.63, 3.8) is 0 Å². The van der Waals surface area contributed by atoms with Gasteiger partial charge in [0.1, 0.15) is 4.90 Å². The van der Waals surface area contributed by atoms with Crippen molar-refractivity contribution in [1.82, 2.24) is 10.0 Å². The molecule has 2 N–H and O–H groups in total. The number of halogens is 2. The van der Waals surface area contributed by atoms with E-state index in [9.17, 15) is 8.42 Å². The maximum atomic E-state index is 12.1. The largest absolute Gasteiger partial charge is 0.314 e. The normalized spacial score (nSPS) is 19.8. The highest BCUT2D eigenvalue weighted by atomic mass is 79.9. The first kappa shape index (κ1) is 15.3. The first-order valence-corrected chi connectivity index (χ1v) is 8.82. The molecule has 1 aliphatic heterocycles. The summed E-state index contributed by atoms with van der Waals surface area (Å²) in [5.74, 6) is 0. The monoisotopic (exact) mass is 366 g/mol. The van der Waals surface area contributed by atoms with Crippen molar-refractivity contribution < 1.29 is 8.42 Å². The minimum Gasteiger partial charge on any atom is -0.314 e. The average Bonchev–Trinajstić information content (AvgIpc) is 2.81. The van der Waals surface area contributed by atoms with Crippen LogP contribution in [0.25, 0.3) is 0 Å². The van der Waals surface area contributed by atoms with Crippen molar-refractivity contribution >= 4 is 37.6 Å². The second-order valence-corrected chi connectivity index (χ2v) is 7.61. The van der Waals surface area contributed by atoms with Crippen LogP contribution in [-0.4, -0.2) is 27.5 Å². The van der Waals surface area contributed by atoms with E-state index in [2.05, 4.69) is 26.0 Å². The summed E-state index contributed by atoms with van der Waals surface area (Å²) in [4.78, 5) is 0.122. The van der Waals surface area contributed by atoms with E-state index in [4.69, 9.17) is 11.6 Å². The summed E-state index contributed by atoms with van der Waals surface area (Å²) in [5, 5.41) is 3.56. The zero-order chi connectivity index (χ0) is 13.9. The second-order valence-electron chi connectivity index (χ2n) is 4.55. The van der Waals surface area contributed by atoms with Crippen LogP contribution in [0.4, 0.5) is 0 Å². The smallest absolute Gasteiger partial charge is 0.242 e. The molecular weight excluding hydrogens is 352 g/mol. The molecule has 1 heterocycles. The van der Waals surface area contributed by atoms with Gasteiger partial charge < -0.3 is 5.32 Å². The molecule has 1 saturated heterocycles. The van der Waals surface area contributed by atoms with Crippen LogP contribution >= 0.6 is 27.5 Å². The number of hydrogen-bond acceptors (Lipinski definition) is 3. The summed E-state index contributed by atoms with van der Waals surface area (Å²) in [6.45, 7) is 1.45. The van der Waals surface area contributed by atoms with Crippen molar-refractivity contribution in [1.29, 1.82) is 0 Å². The van der Waals surface area contributed by atoms with Crippen molar-refractivity contribution in [3.8, 4) is 0 Å². The van der Waals surface area contributed by atoms with Crippen LogP contribution < -0.4 is 10.0 Å². The van der Waals surface area contributed by atoms with Crippen molar-refractivity contribution in [2.75, 3.05) is 13.1 Å². The van der Waals surface area contributed by atoms with E-state index in [0.29, 0.717) is 12.6 Å². The summed E-state index contributed by atoms with van der Waals surface area (Å²) < 4.78 is 27.6. The van der Waals surface area contributed by atoms with Crippen molar-refractivity contribution in [3.05, 3.63) is 27.7 Å². The predicted molar refractivity (Wildman–Crippen MR) is 80.0 cm³/mol. The molecule has 0 aromatic heterocycles. The summed E-state index contributed by atoms with van der Waals surface area (Å²) in [5.41, 5.74) is 0. The fraction of sp³-hybridized carbons (Fsp3) is 0.500. The second kappa shape index (κ2) is 6.54. The van der Waals surface area contributed by atoms with Crippen LogP contribution in [0.15, 0.2) is 27.6 Å². The minimum absolute atomic E-state index is 0.122. The van der Waals surface area contributed by atoms with Crippen LogP contribution in [0.2, 0.25) is 5.02 Å². The van der Waals surface area contributed by atoms with Gasteiger partial charge in [-0.05, 0) is 44.0 Å². The molecule has 0 spiro atoms. The third-order valence-electron chi connectivity index (χ3n) is 3.13. The van der Waals surface area contributed by atoms with Crippen LogP contribution in [0, 0.1) is 0 Å². The van der Waals surface area contributed by atoms with Gasteiger partial charge in [0.05, 0.1) is 5.02 Å². The van der Waals surface area contributed by atoms with E-state index in [1.807, 2.05) is 0 Å². The summed E-state index contributed by atoms with van der Waals surface area (Å²) >= 11 is 9.21. The maximum Gasteiger partial charge on any atom is 0.242 e. The van der Waals surface area contributed by atoms with Gasteiger partial charge in [0.25, 0.3) is 0 Å². The maximum absolute atomic E-state index is 12.1. The molecule has 0 amide bonds. The van der Waals surface area contributed by atoms with Gasteiger partial charge in [-0.15, -0.1) is 0 Å². The Labute approximate surface area is 127 Å². The van der Waals surface area contributed by atoms with Crippen LogP contribution in [0.5, 0.6) is 0 Å². The molecule has 1 aromatic rings. The first-order valence-electron chi connectivity index (χ1n) is 6.17. The van der Waals surface area contributed by atoms with E-state index < -0.39 is 10.0 Å². The molecular formula is C12H16BrClN2O2S. The number of nitrogens with one attached hydrogen (secondary N) is 2. The Morgan fingerprint density at radius 3 is 2.89 bits per heavy atom. The van der Waals surface area contributed by atoms with Gasteiger partial charge in [-0.2, -0.15) is 0 Å². The molecule has 0 saturated carbocycles. The molecule has 1 fully saturated rings. The van der Waals surface area contributed by atoms with Crippen LogP contribution in [0.3, 0.4) is 0 Å². The number of rotatable bonds is 5. The molecule has 0 radical (unpaired) electrons. The molecule has 0 unspecified atom stereocenters. The van der Waals surface area contributed by atoms with E-state index in [1.54, 1.807) is 12.1 Å². The molecule has 0 bridgehead atoms. The SMILES string of the molecule is O=S(=O)(NCC[C@H]1CCCN1)c1ccc(Br)cc1Cl. The summed E-state index contributed by atoms with van der Waals surface area (Å²) in [6.07, 6.45) is 3.07. The molecule has 1 aliphatic rings. The van der Waals surface area contributed by atoms with Gasteiger partial charge >= 0.3 is 0 Å². The van der Waals surface area contributed by atoms with Crippen LogP contribution in [-0.2, 0) is 10.0 Å². The first-order chi connectivity index (χ1) is 8.99. The Hall–Kier alpha value is -0.140. The standard InChI is InChI=1S/C12H16BrClN2O2S/c13-9-3-4-12(11(14)8-9)19(17,18)16-7-5-10-2-1-6-15-10/h3-4,8,10,15-16H,1-2,5-7H2/t10-/m1/s1. The Morgan fingerprint density at radius 1 is 1.47 bits per heavy atom. The van der Waals surface area contributed by atoms with Gasteiger partial charge in [0.2, 0.25) is 10.0 Å². The lowest BCUT2D eigenvalue weighted by Crippen LogP contribution is -2.30. The van der Waals surface area contributed by atoms with Gasteiger partial charge in [-0.1, -0.05) is 27.5 Å².